The van der Waals surface area contributed by atoms with Gasteiger partial charge in [-0.25, -0.2) is 18.0 Å². The van der Waals surface area contributed by atoms with E-state index in [1.165, 1.54) is 41.7 Å². The molecule has 11 heteroatoms. The topological polar surface area (TPSA) is 128 Å². The van der Waals surface area contributed by atoms with Gasteiger partial charge in [-0.2, -0.15) is 0 Å². The summed E-state index contributed by atoms with van der Waals surface area (Å²) in [6, 6.07) is 16.4. The minimum Gasteiger partial charge on any atom is -0.462 e. The molecule has 0 fully saturated rings. The van der Waals surface area contributed by atoms with Gasteiger partial charge in [-0.3, -0.25) is 9.52 Å². The van der Waals surface area contributed by atoms with E-state index in [1.807, 2.05) is 30.3 Å². The van der Waals surface area contributed by atoms with Crippen molar-refractivity contribution in [3.8, 4) is 10.4 Å². The molecule has 0 radical (unpaired) electrons. The second-order valence-electron chi connectivity index (χ2n) is 7.02. The van der Waals surface area contributed by atoms with Crippen molar-refractivity contribution in [3.05, 3.63) is 71.8 Å². The summed E-state index contributed by atoms with van der Waals surface area (Å²) < 4.78 is 35.1. The standard InChI is InChI=1S/C23H22N2O7S2/c1-3-31-23(28)18-13-20(33-21(18)15-8-5-4-6-9-15)24-19(26)14-32-22(27)16-10-7-11-17(12-16)25-34(2,29)30/h4-13,25H,3,14H2,1-2H3,(H,24,26). The smallest absolute Gasteiger partial charge is 0.339 e. The van der Waals surface area contributed by atoms with Gasteiger partial charge >= 0.3 is 11.9 Å². The molecule has 0 aliphatic heterocycles. The second-order valence-corrected chi connectivity index (χ2v) is 9.82. The molecule has 2 aromatic carbocycles. The molecule has 0 bridgehead atoms. The molecule has 34 heavy (non-hydrogen) atoms. The normalized spacial score (nSPS) is 10.9. The van der Waals surface area contributed by atoms with Gasteiger partial charge in [0.2, 0.25) is 10.0 Å². The number of benzene rings is 2. The Balaban J connectivity index is 1.67. The molecule has 0 aliphatic rings. The molecule has 9 nitrogen and oxygen atoms in total. The van der Waals surface area contributed by atoms with E-state index in [-0.39, 0.29) is 17.9 Å². The van der Waals surface area contributed by atoms with Gasteiger partial charge < -0.3 is 14.8 Å². The maximum Gasteiger partial charge on any atom is 0.339 e. The molecule has 1 aromatic heterocycles. The van der Waals surface area contributed by atoms with Crippen LogP contribution in [-0.2, 0) is 24.3 Å². The van der Waals surface area contributed by atoms with E-state index in [0.29, 0.717) is 15.4 Å². The largest absolute Gasteiger partial charge is 0.462 e. The van der Waals surface area contributed by atoms with Crippen molar-refractivity contribution in [3.63, 3.8) is 0 Å². The number of ether oxygens (including phenoxy) is 2. The number of thiophene rings is 1. The van der Waals surface area contributed by atoms with Crippen molar-refractivity contribution in [1.82, 2.24) is 0 Å². The predicted octanol–water partition coefficient (Wildman–Crippen LogP) is 3.76. The van der Waals surface area contributed by atoms with E-state index in [2.05, 4.69) is 10.0 Å². The zero-order valence-electron chi connectivity index (χ0n) is 18.4. The van der Waals surface area contributed by atoms with Crippen LogP contribution >= 0.6 is 11.3 Å². The summed E-state index contributed by atoms with van der Waals surface area (Å²) in [5.41, 5.74) is 1.39. The van der Waals surface area contributed by atoms with Crippen molar-refractivity contribution in [2.45, 2.75) is 6.92 Å². The Morgan fingerprint density at radius 3 is 2.35 bits per heavy atom. The third-order valence-corrected chi connectivity index (χ3v) is 5.97. The van der Waals surface area contributed by atoms with Crippen molar-refractivity contribution in [2.24, 2.45) is 0 Å². The average molecular weight is 503 g/mol. The Labute approximate surface area is 200 Å². The van der Waals surface area contributed by atoms with Crippen molar-refractivity contribution in [1.29, 1.82) is 0 Å². The number of anilines is 2. The number of nitrogens with one attached hydrogen (secondary N) is 2. The van der Waals surface area contributed by atoms with Crippen molar-refractivity contribution < 1.29 is 32.3 Å². The van der Waals surface area contributed by atoms with Crippen LogP contribution in [0.1, 0.15) is 27.6 Å². The molecule has 0 aliphatic carbocycles. The highest BCUT2D eigenvalue weighted by Crippen LogP contribution is 2.36. The molecular weight excluding hydrogens is 480 g/mol. The zero-order chi connectivity index (χ0) is 24.7. The van der Waals surface area contributed by atoms with Crippen LogP contribution in [0.15, 0.2) is 60.7 Å². The lowest BCUT2D eigenvalue weighted by Gasteiger charge is -2.07. The summed E-state index contributed by atoms with van der Waals surface area (Å²) in [5, 5.41) is 3.01. The Bertz CT molecular complexity index is 1300. The third kappa shape index (κ3) is 6.90. The molecule has 0 unspecified atom stereocenters. The first-order valence-electron chi connectivity index (χ1n) is 10.1. The van der Waals surface area contributed by atoms with Crippen LogP contribution in [0.3, 0.4) is 0 Å². The number of amides is 1. The molecule has 0 spiro atoms. The fourth-order valence-electron chi connectivity index (χ4n) is 2.93. The highest BCUT2D eigenvalue weighted by Gasteiger charge is 2.20. The predicted molar refractivity (Wildman–Crippen MR) is 130 cm³/mol. The Hall–Kier alpha value is -3.70. The van der Waals surface area contributed by atoms with Crippen LogP contribution in [0.25, 0.3) is 10.4 Å². The first-order valence-corrected chi connectivity index (χ1v) is 12.8. The molecule has 2 N–H and O–H groups in total. The fourth-order valence-corrected chi connectivity index (χ4v) is 4.55. The Kier molecular flexibility index (Phi) is 8.03. The minimum absolute atomic E-state index is 0.0773. The van der Waals surface area contributed by atoms with Crippen molar-refractivity contribution in [2.75, 3.05) is 29.5 Å². The molecule has 0 atom stereocenters. The number of carbonyl (C=O) groups excluding carboxylic acids is 3. The molecule has 0 saturated carbocycles. The monoisotopic (exact) mass is 502 g/mol. The van der Waals surface area contributed by atoms with Crippen LogP contribution in [-0.4, -0.2) is 45.7 Å². The maximum absolute atomic E-state index is 12.4. The summed E-state index contributed by atoms with van der Waals surface area (Å²) in [4.78, 5) is 37.7. The average Bonchev–Trinajstić information content (AvgIpc) is 3.21. The molecule has 3 aromatic rings. The van der Waals surface area contributed by atoms with E-state index in [9.17, 15) is 22.8 Å². The van der Waals surface area contributed by atoms with Crippen LogP contribution in [0, 0.1) is 0 Å². The van der Waals surface area contributed by atoms with E-state index in [4.69, 9.17) is 9.47 Å². The first kappa shape index (κ1) is 24.9. The molecular formula is C23H22N2O7S2. The van der Waals surface area contributed by atoms with Crippen molar-refractivity contribution >= 4 is 49.9 Å². The molecule has 3 rings (SSSR count). The Morgan fingerprint density at radius 1 is 0.941 bits per heavy atom. The van der Waals surface area contributed by atoms with Gasteiger partial charge in [0, 0.05) is 5.69 Å². The van der Waals surface area contributed by atoms with E-state index >= 15 is 0 Å². The summed E-state index contributed by atoms with van der Waals surface area (Å²) in [6.45, 7) is 1.34. The van der Waals surface area contributed by atoms with Gasteiger partial charge in [-0.05, 0) is 36.8 Å². The number of carbonyl (C=O) groups is 3. The lowest BCUT2D eigenvalue weighted by Crippen LogP contribution is -2.20. The van der Waals surface area contributed by atoms with Crippen LogP contribution in [0.5, 0.6) is 0 Å². The van der Waals surface area contributed by atoms with Gasteiger partial charge in [0.15, 0.2) is 6.61 Å². The van der Waals surface area contributed by atoms with Gasteiger partial charge in [-0.15, -0.1) is 11.3 Å². The molecule has 1 heterocycles. The molecule has 178 valence electrons. The number of rotatable bonds is 9. The van der Waals surface area contributed by atoms with E-state index < -0.39 is 34.5 Å². The fraction of sp³-hybridized carbons (Fsp3) is 0.174. The number of hydrogen-bond donors (Lipinski definition) is 2. The Morgan fingerprint density at radius 2 is 1.68 bits per heavy atom. The SMILES string of the molecule is CCOC(=O)c1cc(NC(=O)COC(=O)c2cccc(NS(C)(=O)=O)c2)sc1-c1ccccc1. The van der Waals surface area contributed by atoms with E-state index in [0.717, 1.165) is 11.8 Å². The van der Waals surface area contributed by atoms with Crippen LogP contribution in [0.4, 0.5) is 10.7 Å². The zero-order valence-corrected chi connectivity index (χ0v) is 20.0. The summed E-state index contributed by atoms with van der Waals surface area (Å²) in [7, 11) is -3.51. The number of hydrogen-bond acceptors (Lipinski definition) is 8. The lowest BCUT2D eigenvalue weighted by atomic mass is 10.1. The highest BCUT2D eigenvalue weighted by molar-refractivity contribution is 7.92. The third-order valence-electron chi connectivity index (χ3n) is 4.26. The number of sulfonamides is 1. The summed E-state index contributed by atoms with van der Waals surface area (Å²) >= 11 is 1.19. The maximum atomic E-state index is 12.4. The molecule has 0 saturated heterocycles. The quantitative estimate of drug-likeness (QED) is 0.427. The van der Waals surface area contributed by atoms with E-state index in [1.54, 1.807) is 6.92 Å². The molecule has 1 amide bonds. The number of esters is 2. The highest BCUT2D eigenvalue weighted by atomic mass is 32.2. The van der Waals surface area contributed by atoms with Crippen LogP contribution < -0.4 is 10.0 Å². The van der Waals surface area contributed by atoms with Gasteiger partial charge in [0.1, 0.15) is 0 Å². The van der Waals surface area contributed by atoms with Crippen LogP contribution in [0.2, 0.25) is 0 Å². The van der Waals surface area contributed by atoms with Gasteiger partial charge in [0.05, 0.1) is 33.9 Å². The second kappa shape index (κ2) is 10.9. The first-order chi connectivity index (χ1) is 16.2. The minimum atomic E-state index is -3.51. The summed E-state index contributed by atoms with van der Waals surface area (Å²) in [6.07, 6.45) is 0.990. The van der Waals surface area contributed by atoms with Gasteiger partial charge in [-0.1, -0.05) is 36.4 Å². The lowest BCUT2D eigenvalue weighted by molar-refractivity contribution is -0.119. The summed E-state index contributed by atoms with van der Waals surface area (Å²) in [5.74, 6) is -1.90. The van der Waals surface area contributed by atoms with Gasteiger partial charge in [0.25, 0.3) is 5.91 Å².